The maximum Gasteiger partial charge on any atom is 0.321 e. The van der Waals surface area contributed by atoms with Crippen LogP contribution >= 0.6 is 0 Å². The fraction of sp³-hybridized carbons (Fsp3) is 0.500. The van der Waals surface area contributed by atoms with Crippen molar-refractivity contribution < 1.29 is 31.1 Å². The number of rotatable bonds is 10. The summed E-state index contributed by atoms with van der Waals surface area (Å²) in [6, 6.07) is 1.27. The highest BCUT2D eigenvalue weighted by atomic mass is 32.2. The molecule has 0 fully saturated rings. The number of hydrogen-bond acceptors (Lipinski definition) is 5. The molecule has 142 valence electrons. The van der Waals surface area contributed by atoms with Crippen molar-refractivity contribution in [2.75, 3.05) is 10.5 Å². The van der Waals surface area contributed by atoms with E-state index in [1.807, 2.05) is 16.4 Å². The zero-order valence-electron chi connectivity index (χ0n) is 13.8. The highest BCUT2D eigenvalue weighted by molar-refractivity contribution is 7.92. The van der Waals surface area contributed by atoms with Crippen molar-refractivity contribution in [1.82, 2.24) is 4.72 Å². The molecule has 0 amide bonds. The topological polar surface area (TPSA) is 130 Å². The molecule has 1 unspecified atom stereocenters. The van der Waals surface area contributed by atoms with Crippen LogP contribution in [0, 0.1) is 5.82 Å². The average molecular weight is 396 g/mol. The second-order valence-electron chi connectivity index (χ2n) is 5.30. The third-order valence-electron chi connectivity index (χ3n) is 3.34. The molecule has 0 bridgehead atoms. The molecular formula is C14H21FN2O6S2. The molecule has 0 heterocycles. The lowest BCUT2D eigenvalue weighted by Crippen LogP contribution is -2.40. The Labute approximate surface area is 146 Å². The first kappa shape index (κ1) is 21.3. The highest BCUT2D eigenvalue weighted by Gasteiger charge is 2.25. The summed E-state index contributed by atoms with van der Waals surface area (Å²) in [7, 11) is -7.99. The second-order valence-corrected chi connectivity index (χ2v) is 9.03. The number of hydrogen-bond donors (Lipinski definition) is 3. The van der Waals surface area contributed by atoms with Gasteiger partial charge in [0.25, 0.3) is 0 Å². The van der Waals surface area contributed by atoms with Crippen LogP contribution in [0.1, 0.15) is 33.1 Å². The molecule has 1 atom stereocenters. The van der Waals surface area contributed by atoms with Gasteiger partial charge in [0.2, 0.25) is 20.0 Å². The van der Waals surface area contributed by atoms with Gasteiger partial charge in [-0.2, -0.15) is 4.72 Å². The minimum atomic E-state index is -4.27. The Morgan fingerprint density at radius 1 is 1.24 bits per heavy atom. The molecule has 0 saturated carbocycles. The summed E-state index contributed by atoms with van der Waals surface area (Å²) in [5.74, 6) is -2.68. The second kappa shape index (κ2) is 8.59. The van der Waals surface area contributed by atoms with E-state index in [1.165, 1.54) is 6.92 Å². The zero-order chi connectivity index (χ0) is 19.3. The largest absolute Gasteiger partial charge is 0.480 e. The van der Waals surface area contributed by atoms with Crippen molar-refractivity contribution in [3.8, 4) is 0 Å². The maximum atomic E-state index is 14.0. The molecule has 1 aromatic rings. The number of sulfonamides is 2. The average Bonchev–Trinajstić information content (AvgIpc) is 2.52. The number of aliphatic carboxylic acids is 1. The Morgan fingerprint density at radius 3 is 2.36 bits per heavy atom. The molecule has 3 N–H and O–H groups in total. The van der Waals surface area contributed by atoms with Crippen LogP contribution in [0.5, 0.6) is 0 Å². The Hall–Kier alpha value is -1.72. The number of benzene rings is 1. The lowest BCUT2D eigenvalue weighted by molar-refractivity contribution is -0.139. The van der Waals surface area contributed by atoms with Gasteiger partial charge in [0.05, 0.1) is 16.3 Å². The number of anilines is 1. The van der Waals surface area contributed by atoms with Crippen molar-refractivity contribution in [2.24, 2.45) is 0 Å². The fourth-order valence-electron chi connectivity index (χ4n) is 1.88. The van der Waals surface area contributed by atoms with E-state index in [4.69, 9.17) is 5.11 Å². The molecule has 0 aliphatic heterocycles. The summed E-state index contributed by atoms with van der Waals surface area (Å²) in [6.07, 6.45) is 1.29. The van der Waals surface area contributed by atoms with Gasteiger partial charge in [-0.15, -0.1) is 0 Å². The standard InChI is InChI=1S/C14H21FN2O6S2/c1-3-5-6-13(14(18)19)17-25(22,23)10-7-8-12(11(15)9-10)16-24(20,21)4-2/h7-9,13,16-17H,3-6H2,1-2H3,(H,18,19). The molecular weight excluding hydrogens is 375 g/mol. The first-order valence-corrected chi connectivity index (χ1v) is 10.7. The Balaban J connectivity index is 3.06. The maximum absolute atomic E-state index is 14.0. The van der Waals surface area contributed by atoms with Crippen molar-refractivity contribution in [3.05, 3.63) is 24.0 Å². The summed E-state index contributed by atoms with van der Waals surface area (Å²) in [6.45, 7) is 3.20. The van der Waals surface area contributed by atoms with Crippen LogP contribution in [0.4, 0.5) is 10.1 Å². The Morgan fingerprint density at radius 2 is 1.88 bits per heavy atom. The van der Waals surface area contributed by atoms with E-state index in [1.54, 1.807) is 0 Å². The van der Waals surface area contributed by atoms with Crippen LogP contribution in [0.25, 0.3) is 0 Å². The predicted molar refractivity (Wildman–Crippen MR) is 90.8 cm³/mol. The van der Waals surface area contributed by atoms with Crippen LogP contribution in [0.3, 0.4) is 0 Å². The molecule has 25 heavy (non-hydrogen) atoms. The van der Waals surface area contributed by atoms with E-state index in [9.17, 15) is 26.0 Å². The predicted octanol–water partition coefficient (Wildman–Crippen LogP) is 1.51. The van der Waals surface area contributed by atoms with Crippen LogP contribution in [0.15, 0.2) is 23.1 Å². The van der Waals surface area contributed by atoms with Gasteiger partial charge < -0.3 is 5.11 Å². The first-order valence-electron chi connectivity index (χ1n) is 7.57. The lowest BCUT2D eigenvalue weighted by atomic mass is 10.1. The van der Waals surface area contributed by atoms with Crippen molar-refractivity contribution in [1.29, 1.82) is 0 Å². The smallest absolute Gasteiger partial charge is 0.321 e. The molecule has 0 spiro atoms. The Kier molecular flexibility index (Phi) is 7.32. The van der Waals surface area contributed by atoms with E-state index in [0.29, 0.717) is 18.9 Å². The number of carboxylic acid groups (broad SMARTS) is 1. The molecule has 11 heteroatoms. The summed E-state index contributed by atoms with van der Waals surface area (Å²) in [5, 5.41) is 9.09. The first-order chi connectivity index (χ1) is 11.5. The molecule has 0 aliphatic carbocycles. The summed E-state index contributed by atoms with van der Waals surface area (Å²) >= 11 is 0. The van der Waals surface area contributed by atoms with Crippen molar-refractivity contribution in [3.63, 3.8) is 0 Å². The van der Waals surface area contributed by atoms with Crippen LogP contribution in [0.2, 0.25) is 0 Å². The molecule has 8 nitrogen and oxygen atoms in total. The minimum absolute atomic E-state index is 0.0991. The van der Waals surface area contributed by atoms with E-state index >= 15 is 0 Å². The monoisotopic (exact) mass is 396 g/mol. The van der Waals surface area contributed by atoms with Gasteiger partial charge >= 0.3 is 5.97 Å². The fourth-order valence-corrected chi connectivity index (χ4v) is 3.76. The van der Waals surface area contributed by atoms with Gasteiger partial charge in [0, 0.05) is 0 Å². The summed E-state index contributed by atoms with van der Waals surface area (Å²) < 4.78 is 65.4. The van der Waals surface area contributed by atoms with Gasteiger partial charge in [-0.25, -0.2) is 21.2 Å². The number of unbranched alkanes of at least 4 members (excludes halogenated alkanes) is 1. The van der Waals surface area contributed by atoms with Crippen molar-refractivity contribution >= 4 is 31.7 Å². The number of nitrogens with one attached hydrogen (secondary N) is 2. The van der Waals surface area contributed by atoms with Gasteiger partial charge in [0.15, 0.2) is 0 Å². The summed E-state index contributed by atoms with van der Waals surface area (Å²) in [5.41, 5.74) is -0.387. The van der Waals surface area contributed by atoms with Crippen molar-refractivity contribution in [2.45, 2.75) is 44.0 Å². The molecule has 0 aliphatic rings. The highest BCUT2D eigenvalue weighted by Crippen LogP contribution is 2.20. The molecule has 0 radical (unpaired) electrons. The van der Waals surface area contributed by atoms with E-state index in [-0.39, 0.29) is 17.9 Å². The third-order valence-corrected chi connectivity index (χ3v) is 6.10. The summed E-state index contributed by atoms with van der Waals surface area (Å²) in [4.78, 5) is 10.7. The molecule has 1 rings (SSSR count). The quantitative estimate of drug-likeness (QED) is 0.550. The number of halogens is 1. The molecule has 0 saturated heterocycles. The number of carboxylic acids is 1. The van der Waals surface area contributed by atoms with E-state index < -0.39 is 42.8 Å². The van der Waals surface area contributed by atoms with Gasteiger partial charge in [-0.05, 0) is 31.5 Å². The van der Waals surface area contributed by atoms with E-state index in [2.05, 4.69) is 0 Å². The van der Waals surface area contributed by atoms with Gasteiger partial charge in [-0.3, -0.25) is 9.52 Å². The number of carbonyl (C=O) groups is 1. The lowest BCUT2D eigenvalue weighted by Gasteiger charge is -2.15. The SMILES string of the molecule is CCCCC(NS(=O)(=O)c1ccc(NS(=O)(=O)CC)c(F)c1)C(=O)O. The van der Waals surface area contributed by atoms with E-state index in [0.717, 1.165) is 12.1 Å². The van der Waals surface area contributed by atoms with Gasteiger partial charge in [-0.1, -0.05) is 19.8 Å². The molecule has 0 aromatic heterocycles. The minimum Gasteiger partial charge on any atom is -0.480 e. The molecule has 1 aromatic carbocycles. The normalized spacial score (nSPS) is 13.4. The Bertz CT molecular complexity index is 824. The van der Waals surface area contributed by atoms with Crippen LogP contribution in [-0.4, -0.2) is 39.7 Å². The third kappa shape index (κ3) is 6.25. The van der Waals surface area contributed by atoms with Crippen LogP contribution < -0.4 is 9.44 Å². The zero-order valence-corrected chi connectivity index (χ0v) is 15.5. The van der Waals surface area contributed by atoms with Gasteiger partial charge in [0.1, 0.15) is 11.9 Å². The van der Waals surface area contributed by atoms with Crippen LogP contribution in [-0.2, 0) is 24.8 Å².